The van der Waals surface area contributed by atoms with E-state index in [1.54, 1.807) is 0 Å². The second-order valence-electron chi connectivity index (χ2n) is 3.80. The number of aromatic nitrogens is 2. The summed E-state index contributed by atoms with van der Waals surface area (Å²) in [4.78, 5) is 2.49. The third-order valence-electron chi connectivity index (χ3n) is 2.87. The second-order valence-corrected chi connectivity index (χ2v) is 3.80. The van der Waals surface area contributed by atoms with Crippen LogP contribution in [0.2, 0.25) is 0 Å². The van der Waals surface area contributed by atoms with Crippen molar-refractivity contribution in [2.24, 2.45) is 7.05 Å². The lowest BCUT2D eigenvalue weighted by Crippen LogP contribution is -2.45. The minimum Gasteiger partial charge on any atom is -0.314 e. The number of nitrogens with one attached hydrogen (secondary N) is 1. The molecule has 0 saturated carbocycles. The Labute approximate surface area is 84.9 Å². The smallest absolute Gasteiger partial charge is 0.0538 e. The molecule has 2 heterocycles. The van der Waals surface area contributed by atoms with Crippen LogP contribution in [-0.4, -0.2) is 40.9 Å². The molecule has 1 aliphatic rings. The van der Waals surface area contributed by atoms with Crippen LogP contribution in [0.25, 0.3) is 0 Å². The Kier molecular flexibility index (Phi) is 2.84. The van der Waals surface area contributed by atoms with Gasteiger partial charge in [0.2, 0.25) is 0 Å². The van der Waals surface area contributed by atoms with Gasteiger partial charge in [0.1, 0.15) is 0 Å². The minimum atomic E-state index is 0.502. The van der Waals surface area contributed by atoms with Gasteiger partial charge in [-0.3, -0.25) is 9.58 Å². The summed E-state index contributed by atoms with van der Waals surface area (Å²) in [5, 5.41) is 7.65. The van der Waals surface area contributed by atoms with E-state index in [2.05, 4.69) is 28.4 Å². The first-order valence-electron chi connectivity index (χ1n) is 5.24. The van der Waals surface area contributed by atoms with E-state index in [9.17, 15) is 0 Å². The van der Waals surface area contributed by atoms with Crippen LogP contribution in [0.4, 0.5) is 0 Å². The SMILES string of the molecule is CCN1CCNCC1c1cnn(C)c1. The Morgan fingerprint density at radius 2 is 2.50 bits per heavy atom. The summed E-state index contributed by atoms with van der Waals surface area (Å²) in [5.41, 5.74) is 1.32. The fourth-order valence-electron chi connectivity index (χ4n) is 2.07. The zero-order chi connectivity index (χ0) is 9.97. The van der Waals surface area contributed by atoms with E-state index in [0.29, 0.717) is 6.04 Å². The van der Waals surface area contributed by atoms with Gasteiger partial charge in [-0.05, 0) is 6.54 Å². The number of hydrogen-bond donors (Lipinski definition) is 1. The number of nitrogens with zero attached hydrogens (tertiary/aromatic N) is 3. The average Bonchev–Trinajstić information content (AvgIpc) is 2.65. The molecule has 1 fully saturated rings. The third kappa shape index (κ3) is 1.81. The van der Waals surface area contributed by atoms with E-state index < -0.39 is 0 Å². The fraction of sp³-hybridized carbons (Fsp3) is 0.700. The van der Waals surface area contributed by atoms with E-state index in [1.165, 1.54) is 5.56 Å². The molecule has 1 atom stereocenters. The number of hydrogen-bond acceptors (Lipinski definition) is 3. The maximum atomic E-state index is 4.22. The maximum Gasteiger partial charge on any atom is 0.0538 e. The highest BCUT2D eigenvalue weighted by Crippen LogP contribution is 2.20. The molecule has 4 nitrogen and oxygen atoms in total. The van der Waals surface area contributed by atoms with Gasteiger partial charge < -0.3 is 5.32 Å². The van der Waals surface area contributed by atoms with E-state index in [4.69, 9.17) is 0 Å². The highest BCUT2D eigenvalue weighted by molar-refractivity contribution is 5.12. The molecule has 1 aliphatic heterocycles. The summed E-state index contributed by atoms with van der Waals surface area (Å²) in [7, 11) is 1.97. The molecule has 0 aromatic carbocycles. The Hall–Kier alpha value is -0.870. The van der Waals surface area contributed by atoms with Gasteiger partial charge in [-0.15, -0.1) is 0 Å². The van der Waals surface area contributed by atoms with Crippen LogP contribution in [-0.2, 0) is 7.05 Å². The third-order valence-corrected chi connectivity index (χ3v) is 2.87. The molecule has 1 aromatic rings. The summed E-state index contributed by atoms with van der Waals surface area (Å²) in [6, 6.07) is 0.502. The van der Waals surface area contributed by atoms with Crippen molar-refractivity contribution in [3.05, 3.63) is 18.0 Å². The Bertz CT molecular complexity index is 294. The topological polar surface area (TPSA) is 33.1 Å². The molecule has 0 radical (unpaired) electrons. The van der Waals surface area contributed by atoms with Crippen molar-refractivity contribution in [3.8, 4) is 0 Å². The van der Waals surface area contributed by atoms with Crippen LogP contribution >= 0.6 is 0 Å². The van der Waals surface area contributed by atoms with E-state index in [1.807, 2.05) is 17.9 Å². The second kappa shape index (κ2) is 4.11. The van der Waals surface area contributed by atoms with Crippen LogP contribution < -0.4 is 5.32 Å². The predicted octanol–water partition coefficient (Wildman–Crippen LogP) is 0.386. The van der Waals surface area contributed by atoms with Crippen molar-refractivity contribution in [3.63, 3.8) is 0 Å². The first-order chi connectivity index (χ1) is 6.81. The molecule has 14 heavy (non-hydrogen) atoms. The van der Waals surface area contributed by atoms with Gasteiger partial charge >= 0.3 is 0 Å². The molecular weight excluding hydrogens is 176 g/mol. The maximum absolute atomic E-state index is 4.22. The molecule has 0 aliphatic carbocycles. The van der Waals surface area contributed by atoms with Crippen molar-refractivity contribution < 1.29 is 0 Å². The van der Waals surface area contributed by atoms with Crippen molar-refractivity contribution in [1.29, 1.82) is 0 Å². The van der Waals surface area contributed by atoms with Crippen molar-refractivity contribution in [2.45, 2.75) is 13.0 Å². The van der Waals surface area contributed by atoms with Crippen LogP contribution in [0.15, 0.2) is 12.4 Å². The summed E-state index contributed by atoms with van der Waals surface area (Å²) in [6.45, 7) is 6.61. The summed E-state index contributed by atoms with van der Waals surface area (Å²) >= 11 is 0. The van der Waals surface area contributed by atoms with E-state index in [0.717, 1.165) is 26.2 Å². The predicted molar refractivity (Wildman–Crippen MR) is 56.1 cm³/mol. The van der Waals surface area contributed by atoms with Gasteiger partial charge in [-0.2, -0.15) is 5.10 Å². The number of rotatable bonds is 2. The Balaban J connectivity index is 2.14. The summed E-state index contributed by atoms with van der Waals surface area (Å²) in [6.07, 6.45) is 4.08. The first kappa shape index (κ1) is 9.68. The quantitative estimate of drug-likeness (QED) is 0.739. The molecule has 1 aromatic heterocycles. The molecular formula is C10H18N4. The van der Waals surface area contributed by atoms with Gasteiger partial charge in [0.25, 0.3) is 0 Å². The van der Waals surface area contributed by atoms with Gasteiger partial charge in [-0.1, -0.05) is 6.92 Å². The molecule has 1 saturated heterocycles. The summed E-state index contributed by atoms with van der Waals surface area (Å²) < 4.78 is 1.87. The molecule has 1 unspecified atom stereocenters. The fourth-order valence-corrected chi connectivity index (χ4v) is 2.07. The Morgan fingerprint density at radius 3 is 3.14 bits per heavy atom. The summed E-state index contributed by atoms with van der Waals surface area (Å²) in [5.74, 6) is 0. The highest BCUT2D eigenvalue weighted by Gasteiger charge is 2.22. The number of aryl methyl sites for hydroxylation is 1. The van der Waals surface area contributed by atoms with Gasteiger partial charge in [-0.25, -0.2) is 0 Å². The Morgan fingerprint density at radius 1 is 1.64 bits per heavy atom. The molecule has 78 valence electrons. The van der Waals surface area contributed by atoms with Crippen LogP contribution in [0.1, 0.15) is 18.5 Å². The van der Waals surface area contributed by atoms with Crippen LogP contribution in [0, 0.1) is 0 Å². The molecule has 4 heteroatoms. The van der Waals surface area contributed by atoms with Crippen LogP contribution in [0.3, 0.4) is 0 Å². The van der Waals surface area contributed by atoms with Crippen molar-refractivity contribution >= 4 is 0 Å². The molecule has 0 spiro atoms. The zero-order valence-corrected chi connectivity index (χ0v) is 8.90. The first-order valence-corrected chi connectivity index (χ1v) is 5.24. The van der Waals surface area contributed by atoms with Gasteiger partial charge in [0.05, 0.1) is 12.2 Å². The van der Waals surface area contributed by atoms with Crippen molar-refractivity contribution in [2.75, 3.05) is 26.2 Å². The van der Waals surface area contributed by atoms with E-state index in [-0.39, 0.29) is 0 Å². The monoisotopic (exact) mass is 194 g/mol. The van der Waals surface area contributed by atoms with Gasteiger partial charge in [0.15, 0.2) is 0 Å². The molecule has 0 bridgehead atoms. The van der Waals surface area contributed by atoms with Gasteiger partial charge in [0, 0.05) is 38.4 Å². The molecule has 1 N–H and O–H groups in total. The normalized spacial score (nSPS) is 24.0. The molecule has 0 amide bonds. The molecule has 2 rings (SSSR count). The zero-order valence-electron chi connectivity index (χ0n) is 8.90. The minimum absolute atomic E-state index is 0.502. The standard InChI is InChI=1S/C10H18N4/c1-3-14-5-4-11-7-10(14)9-6-12-13(2)8-9/h6,8,10-11H,3-5,7H2,1-2H3. The lowest BCUT2D eigenvalue weighted by atomic mass is 10.1. The van der Waals surface area contributed by atoms with Crippen LogP contribution in [0.5, 0.6) is 0 Å². The lowest BCUT2D eigenvalue weighted by Gasteiger charge is -2.34. The largest absolute Gasteiger partial charge is 0.314 e. The number of likely N-dealkylation sites (N-methyl/N-ethyl adjacent to an activating group) is 1. The lowest BCUT2D eigenvalue weighted by molar-refractivity contribution is 0.171. The number of piperazine rings is 1. The van der Waals surface area contributed by atoms with E-state index >= 15 is 0 Å². The van der Waals surface area contributed by atoms with Crippen molar-refractivity contribution in [1.82, 2.24) is 20.0 Å². The highest BCUT2D eigenvalue weighted by atomic mass is 15.3. The average molecular weight is 194 g/mol.